The highest BCUT2D eigenvalue weighted by atomic mass is 16.5. The molecule has 0 saturated heterocycles. The highest BCUT2D eigenvalue weighted by molar-refractivity contribution is 6.47. The lowest BCUT2D eigenvalue weighted by Gasteiger charge is -2.30. The Kier molecular flexibility index (Phi) is 7.08. The molecule has 1 saturated carbocycles. The first-order valence-corrected chi connectivity index (χ1v) is 10.3. The molecule has 1 aliphatic heterocycles. The van der Waals surface area contributed by atoms with Crippen LogP contribution in [0.2, 0.25) is 5.82 Å². The van der Waals surface area contributed by atoms with Gasteiger partial charge in [0, 0.05) is 24.7 Å². The molecule has 8 heteroatoms. The van der Waals surface area contributed by atoms with E-state index in [1.165, 1.54) is 6.92 Å². The number of carbonyl (C=O) groups is 3. The van der Waals surface area contributed by atoms with Gasteiger partial charge in [0.25, 0.3) is 0 Å². The maximum Gasteiger partial charge on any atom is 0.526 e. The number of carboxylic acid groups (broad SMARTS) is 1. The number of Topliss-reactive ketones (excluding diaryl/α,β-unsaturated/α-hetero) is 2. The minimum Gasteiger partial charge on any atom is -0.535 e. The molecule has 29 heavy (non-hydrogen) atoms. The van der Waals surface area contributed by atoms with Crippen LogP contribution in [0.1, 0.15) is 61.4 Å². The molecule has 3 N–H and O–H groups in total. The zero-order chi connectivity index (χ0) is 21.0. The number of benzene rings is 1. The topological polar surface area (TPSA) is 113 Å². The summed E-state index contributed by atoms with van der Waals surface area (Å²) >= 11 is 0. The van der Waals surface area contributed by atoms with E-state index in [0.29, 0.717) is 30.1 Å². The molecule has 7 nitrogen and oxygen atoms in total. The number of aliphatic carboxylic acids is 1. The van der Waals surface area contributed by atoms with Gasteiger partial charge in [-0.05, 0) is 56.6 Å². The predicted molar refractivity (Wildman–Crippen MR) is 108 cm³/mol. The molecule has 1 atom stereocenters. The van der Waals surface area contributed by atoms with Crippen LogP contribution in [0.25, 0.3) is 0 Å². The summed E-state index contributed by atoms with van der Waals surface area (Å²) in [6, 6.07) is 5.56. The third kappa shape index (κ3) is 5.67. The molecule has 0 radical (unpaired) electrons. The van der Waals surface area contributed by atoms with Crippen LogP contribution < -0.4 is 9.97 Å². The van der Waals surface area contributed by atoms with Crippen molar-refractivity contribution in [2.75, 3.05) is 6.54 Å². The van der Waals surface area contributed by atoms with Crippen molar-refractivity contribution in [1.82, 2.24) is 5.32 Å². The number of hydrogen-bond acceptors (Lipinski definition) is 6. The van der Waals surface area contributed by atoms with Gasteiger partial charge in [-0.3, -0.25) is 14.4 Å². The second-order valence-electron chi connectivity index (χ2n) is 8.26. The molecular formula is C21H28BNO6. The number of nitrogens with one attached hydrogen (secondary N) is 1. The molecule has 0 unspecified atom stereocenters. The lowest BCUT2D eigenvalue weighted by molar-refractivity contribution is -0.136. The molecule has 0 amide bonds. The molecule has 3 rings (SSSR count). The zero-order valence-corrected chi connectivity index (χ0v) is 16.7. The number of hydrogen-bond donors (Lipinski definition) is 3. The minimum absolute atomic E-state index is 0.0271. The van der Waals surface area contributed by atoms with Crippen molar-refractivity contribution in [2.45, 2.75) is 63.7 Å². The average Bonchev–Trinajstić information content (AvgIpc) is 2.67. The summed E-state index contributed by atoms with van der Waals surface area (Å²) in [4.78, 5) is 35.0. The monoisotopic (exact) mass is 401 g/mol. The second-order valence-corrected chi connectivity index (χ2v) is 8.26. The Hall–Kier alpha value is -2.19. The van der Waals surface area contributed by atoms with E-state index < -0.39 is 13.1 Å². The fourth-order valence-corrected chi connectivity index (χ4v) is 4.44. The van der Waals surface area contributed by atoms with Gasteiger partial charge in [0.1, 0.15) is 11.5 Å². The predicted octanol–water partition coefficient (Wildman–Crippen LogP) is 2.26. The van der Waals surface area contributed by atoms with Gasteiger partial charge < -0.3 is 20.1 Å². The van der Waals surface area contributed by atoms with Crippen LogP contribution in [0.3, 0.4) is 0 Å². The normalized spacial score (nSPS) is 23.8. The van der Waals surface area contributed by atoms with E-state index in [4.69, 9.17) is 9.76 Å². The van der Waals surface area contributed by atoms with E-state index in [-0.39, 0.29) is 36.4 Å². The molecule has 2 aliphatic rings. The Morgan fingerprint density at radius 3 is 2.55 bits per heavy atom. The van der Waals surface area contributed by atoms with Crippen LogP contribution in [-0.4, -0.2) is 47.4 Å². The van der Waals surface area contributed by atoms with Crippen molar-refractivity contribution in [1.29, 1.82) is 0 Å². The first-order chi connectivity index (χ1) is 13.8. The molecule has 0 aromatic heterocycles. The summed E-state index contributed by atoms with van der Waals surface area (Å²) in [6.07, 6.45) is 4.80. The number of fused-ring (bicyclic) bond motifs is 1. The third-order valence-electron chi connectivity index (χ3n) is 5.99. The molecule has 1 aromatic rings. The van der Waals surface area contributed by atoms with E-state index in [0.717, 1.165) is 31.2 Å². The Morgan fingerprint density at radius 1 is 1.17 bits per heavy atom. The number of ketones is 2. The summed E-state index contributed by atoms with van der Waals surface area (Å²) in [5.41, 5.74) is 1.31. The van der Waals surface area contributed by atoms with Gasteiger partial charge in [-0.15, -0.1) is 0 Å². The maximum absolute atomic E-state index is 12.6. The molecular weight excluding hydrogens is 373 g/mol. The van der Waals surface area contributed by atoms with E-state index >= 15 is 0 Å². The van der Waals surface area contributed by atoms with Crippen LogP contribution in [0.15, 0.2) is 18.2 Å². The van der Waals surface area contributed by atoms with Crippen molar-refractivity contribution in [3.8, 4) is 5.75 Å². The first kappa shape index (κ1) is 21.5. The van der Waals surface area contributed by atoms with Gasteiger partial charge in [0.15, 0.2) is 5.78 Å². The van der Waals surface area contributed by atoms with Crippen molar-refractivity contribution >= 4 is 24.7 Å². The standard InChI is InChI=1S/C21H28BNO6/c1-13(24)19-4-2-3-15-10-16(22(28)29-21(15)19)11-18(25)9-14-5-7-17(8-6-14)23-12-20(26)27/h2-4,14,16-17,23,28H,5-12H2,1H3,(H,26,27)/t14?,16-,17?/m1/s1. The van der Waals surface area contributed by atoms with Crippen molar-refractivity contribution in [3.05, 3.63) is 29.3 Å². The van der Waals surface area contributed by atoms with Crippen LogP contribution in [0.4, 0.5) is 0 Å². The van der Waals surface area contributed by atoms with Crippen molar-refractivity contribution in [3.63, 3.8) is 0 Å². The number of rotatable bonds is 8. The minimum atomic E-state index is -1.09. The van der Waals surface area contributed by atoms with E-state index in [1.54, 1.807) is 12.1 Å². The fourth-order valence-electron chi connectivity index (χ4n) is 4.44. The Balaban J connectivity index is 1.50. The van der Waals surface area contributed by atoms with Gasteiger partial charge >= 0.3 is 13.1 Å². The van der Waals surface area contributed by atoms with Crippen LogP contribution in [-0.2, 0) is 16.0 Å². The summed E-state index contributed by atoms with van der Waals surface area (Å²) in [6.45, 7) is 1.44. The highest BCUT2D eigenvalue weighted by Crippen LogP contribution is 2.37. The van der Waals surface area contributed by atoms with Gasteiger partial charge in [0.2, 0.25) is 0 Å². The van der Waals surface area contributed by atoms with Crippen LogP contribution in [0, 0.1) is 5.92 Å². The second kappa shape index (κ2) is 9.54. The van der Waals surface area contributed by atoms with Gasteiger partial charge in [-0.1, -0.05) is 12.1 Å². The third-order valence-corrected chi connectivity index (χ3v) is 5.99. The Bertz CT molecular complexity index is 774. The average molecular weight is 401 g/mol. The quantitative estimate of drug-likeness (QED) is 0.452. The highest BCUT2D eigenvalue weighted by Gasteiger charge is 2.37. The van der Waals surface area contributed by atoms with Crippen molar-refractivity contribution < 1.29 is 29.2 Å². The molecule has 1 aromatic carbocycles. The summed E-state index contributed by atoms with van der Waals surface area (Å²) in [5, 5.41) is 22.1. The fraction of sp³-hybridized carbons (Fsp3) is 0.571. The molecule has 1 aliphatic carbocycles. The van der Waals surface area contributed by atoms with Gasteiger partial charge in [-0.2, -0.15) is 0 Å². The molecule has 1 fully saturated rings. The number of carbonyl (C=O) groups excluding carboxylic acids is 2. The molecule has 0 spiro atoms. The summed E-state index contributed by atoms with van der Waals surface area (Å²) in [5.74, 6) is -0.423. The molecule has 0 bridgehead atoms. The van der Waals surface area contributed by atoms with E-state index in [9.17, 15) is 19.4 Å². The van der Waals surface area contributed by atoms with Crippen molar-refractivity contribution in [2.24, 2.45) is 5.92 Å². The first-order valence-electron chi connectivity index (χ1n) is 10.3. The number of para-hydroxylation sites is 1. The van der Waals surface area contributed by atoms with Crippen LogP contribution in [0.5, 0.6) is 5.75 Å². The largest absolute Gasteiger partial charge is 0.535 e. The summed E-state index contributed by atoms with van der Waals surface area (Å²) in [7, 11) is -1.09. The summed E-state index contributed by atoms with van der Waals surface area (Å²) < 4.78 is 5.61. The Morgan fingerprint density at radius 2 is 1.90 bits per heavy atom. The lowest BCUT2D eigenvalue weighted by atomic mass is 9.64. The van der Waals surface area contributed by atoms with E-state index in [2.05, 4.69) is 5.32 Å². The smallest absolute Gasteiger partial charge is 0.526 e. The molecule has 156 valence electrons. The maximum atomic E-state index is 12.6. The van der Waals surface area contributed by atoms with Gasteiger partial charge in [0.05, 0.1) is 12.1 Å². The zero-order valence-electron chi connectivity index (χ0n) is 16.7. The molecule has 1 heterocycles. The SMILES string of the molecule is CC(=O)c1cccc2c1OB(O)[C@@H](CC(=O)CC1CCC(NCC(=O)O)CC1)C2. The van der Waals surface area contributed by atoms with Gasteiger partial charge in [-0.25, -0.2) is 0 Å². The van der Waals surface area contributed by atoms with E-state index in [1.807, 2.05) is 6.07 Å². The lowest BCUT2D eigenvalue weighted by Crippen LogP contribution is -2.37. The number of carboxylic acids is 1. The van der Waals surface area contributed by atoms with Crippen LogP contribution >= 0.6 is 0 Å². The Labute approximate surface area is 171 Å².